The lowest BCUT2D eigenvalue weighted by atomic mass is 9.99. The van der Waals surface area contributed by atoms with E-state index in [4.69, 9.17) is 0 Å². The van der Waals surface area contributed by atoms with Gasteiger partial charge in [-0.05, 0) is 47.0 Å². The van der Waals surface area contributed by atoms with Crippen LogP contribution >= 0.6 is 0 Å². The topological polar surface area (TPSA) is 43.4 Å². The maximum Gasteiger partial charge on any atom is 0.316 e. The normalized spacial score (nSPS) is 12.8. The van der Waals surface area contributed by atoms with Gasteiger partial charge in [0.05, 0.1) is 7.11 Å². The second kappa shape index (κ2) is 8.67. The Hall–Kier alpha value is -1.38. The largest absolute Gasteiger partial charge is 0.468 e. The molecule has 0 spiro atoms. The Bertz CT molecular complexity index is 347. The van der Waals surface area contributed by atoms with E-state index in [-0.39, 0.29) is 5.78 Å². The highest BCUT2D eigenvalue weighted by Crippen LogP contribution is 2.13. The average molecular weight is 252 g/mol. The van der Waals surface area contributed by atoms with E-state index in [0.717, 1.165) is 12.8 Å². The van der Waals surface area contributed by atoms with E-state index >= 15 is 0 Å². The third kappa shape index (κ3) is 7.05. The minimum Gasteiger partial charge on any atom is -0.468 e. The molecule has 0 unspecified atom stereocenters. The van der Waals surface area contributed by atoms with Gasteiger partial charge in [0.15, 0.2) is 0 Å². The van der Waals surface area contributed by atoms with Crippen molar-refractivity contribution in [3.8, 4) is 0 Å². The summed E-state index contributed by atoms with van der Waals surface area (Å²) in [7, 11) is 1.31. The molecule has 18 heavy (non-hydrogen) atoms. The van der Waals surface area contributed by atoms with Crippen molar-refractivity contribution in [3.63, 3.8) is 0 Å². The molecule has 0 aromatic heterocycles. The van der Waals surface area contributed by atoms with Crippen LogP contribution in [0.3, 0.4) is 0 Å². The molecule has 0 amide bonds. The van der Waals surface area contributed by atoms with Crippen molar-refractivity contribution in [3.05, 3.63) is 23.3 Å². The monoisotopic (exact) mass is 252 g/mol. The van der Waals surface area contributed by atoms with Gasteiger partial charge in [-0.3, -0.25) is 9.59 Å². The Kier molecular flexibility index (Phi) is 8.01. The van der Waals surface area contributed by atoms with E-state index in [2.05, 4.69) is 24.7 Å². The Morgan fingerprint density at radius 2 is 1.72 bits per heavy atom. The zero-order valence-corrected chi connectivity index (χ0v) is 12.1. The van der Waals surface area contributed by atoms with Crippen LogP contribution < -0.4 is 0 Å². The highest BCUT2D eigenvalue weighted by Gasteiger charge is 2.22. The minimum atomic E-state index is -0.659. The fraction of sp³-hybridized carbons (Fsp3) is 0.600. The molecular weight excluding hydrogens is 228 g/mol. The molecule has 102 valence electrons. The Balaban J connectivity index is 4.36. The fourth-order valence-corrected chi connectivity index (χ4v) is 1.58. The van der Waals surface area contributed by atoms with Gasteiger partial charge in [0.2, 0.25) is 0 Å². The molecule has 0 saturated heterocycles. The van der Waals surface area contributed by atoms with Crippen molar-refractivity contribution in [2.24, 2.45) is 5.92 Å². The minimum absolute atomic E-state index is 0.143. The Labute approximate surface area is 110 Å². The van der Waals surface area contributed by atoms with Gasteiger partial charge in [0.25, 0.3) is 0 Å². The number of carbonyl (C=O) groups is 2. The average Bonchev–Trinajstić information content (AvgIpc) is 2.27. The zero-order chi connectivity index (χ0) is 14.1. The maximum atomic E-state index is 11.4. The summed E-state index contributed by atoms with van der Waals surface area (Å²) < 4.78 is 4.62. The number of hydrogen-bond donors (Lipinski definition) is 0. The summed E-state index contributed by atoms with van der Waals surface area (Å²) in [6, 6.07) is 0. The van der Waals surface area contributed by atoms with Gasteiger partial charge in [-0.2, -0.15) is 0 Å². The number of hydrogen-bond acceptors (Lipinski definition) is 3. The van der Waals surface area contributed by atoms with E-state index in [1.807, 2.05) is 13.0 Å². The van der Waals surface area contributed by atoms with Crippen molar-refractivity contribution in [2.75, 3.05) is 7.11 Å². The highest BCUT2D eigenvalue weighted by molar-refractivity contribution is 5.97. The summed E-state index contributed by atoms with van der Waals surface area (Å²) in [5.74, 6) is -1.25. The lowest BCUT2D eigenvalue weighted by Crippen LogP contribution is -2.22. The van der Waals surface area contributed by atoms with Crippen LogP contribution in [0.25, 0.3) is 0 Å². The molecule has 3 heteroatoms. The Morgan fingerprint density at radius 3 is 2.17 bits per heavy atom. The number of esters is 1. The first-order chi connectivity index (χ1) is 8.38. The standard InChI is InChI=1S/C15H24O3/c1-11(2)7-6-8-12(3)9-10-14(13(4)16)15(17)18-5/h7,9,14H,6,8,10H2,1-5H3/b12-9+/t14-/m0/s1. The molecule has 0 fully saturated rings. The fourth-order valence-electron chi connectivity index (χ4n) is 1.58. The van der Waals surface area contributed by atoms with Crippen LogP contribution in [0.4, 0.5) is 0 Å². The van der Waals surface area contributed by atoms with Crippen LogP contribution in [-0.4, -0.2) is 18.9 Å². The number of carbonyl (C=O) groups excluding carboxylic acids is 2. The number of ketones is 1. The molecule has 0 saturated carbocycles. The van der Waals surface area contributed by atoms with Gasteiger partial charge in [0, 0.05) is 0 Å². The molecule has 0 aromatic rings. The molecule has 0 N–H and O–H groups in total. The van der Waals surface area contributed by atoms with Crippen molar-refractivity contribution in [2.45, 2.75) is 47.0 Å². The van der Waals surface area contributed by atoms with E-state index < -0.39 is 11.9 Å². The van der Waals surface area contributed by atoms with E-state index in [1.165, 1.54) is 25.2 Å². The lowest BCUT2D eigenvalue weighted by molar-refractivity contribution is -0.148. The van der Waals surface area contributed by atoms with E-state index in [1.54, 1.807) is 0 Å². The van der Waals surface area contributed by atoms with E-state index in [0.29, 0.717) is 6.42 Å². The summed E-state index contributed by atoms with van der Waals surface area (Å²) in [5, 5.41) is 0. The van der Waals surface area contributed by atoms with Crippen LogP contribution in [0.15, 0.2) is 23.3 Å². The van der Waals surface area contributed by atoms with Crippen LogP contribution in [0.5, 0.6) is 0 Å². The first-order valence-electron chi connectivity index (χ1n) is 6.25. The van der Waals surface area contributed by atoms with Gasteiger partial charge in [-0.15, -0.1) is 0 Å². The molecule has 0 heterocycles. The van der Waals surface area contributed by atoms with Crippen LogP contribution in [0.2, 0.25) is 0 Å². The summed E-state index contributed by atoms with van der Waals surface area (Å²) in [6.45, 7) is 7.59. The lowest BCUT2D eigenvalue weighted by Gasteiger charge is -2.09. The van der Waals surface area contributed by atoms with Gasteiger partial charge in [0.1, 0.15) is 11.7 Å². The number of rotatable bonds is 7. The summed E-state index contributed by atoms with van der Waals surface area (Å²) in [4.78, 5) is 22.7. The quantitative estimate of drug-likeness (QED) is 0.396. The summed E-state index contributed by atoms with van der Waals surface area (Å²) in [5.41, 5.74) is 2.50. The first kappa shape index (κ1) is 16.6. The summed E-state index contributed by atoms with van der Waals surface area (Å²) >= 11 is 0. The molecule has 0 bridgehead atoms. The van der Waals surface area contributed by atoms with Crippen molar-refractivity contribution < 1.29 is 14.3 Å². The van der Waals surface area contributed by atoms with Crippen LogP contribution in [0, 0.1) is 5.92 Å². The van der Waals surface area contributed by atoms with Crippen LogP contribution in [-0.2, 0) is 14.3 Å². The van der Waals surface area contributed by atoms with Crippen molar-refractivity contribution >= 4 is 11.8 Å². The smallest absolute Gasteiger partial charge is 0.316 e. The molecule has 0 aliphatic rings. The number of Topliss-reactive ketones (excluding diaryl/α,β-unsaturated/α-hetero) is 1. The molecule has 0 rings (SSSR count). The van der Waals surface area contributed by atoms with Crippen molar-refractivity contribution in [1.82, 2.24) is 0 Å². The van der Waals surface area contributed by atoms with Gasteiger partial charge in [-0.1, -0.05) is 23.3 Å². The number of methoxy groups -OCH3 is 1. The molecular formula is C15H24O3. The molecule has 0 aliphatic carbocycles. The molecule has 0 radical (unpaired) electrons. The number of allylic oxidation sites excluding steroid dienone is 4. The predicted octanol–water partition coefficient (Wildman–Crippen LogP) is 3.45. The van der Waals surface area contributed by atoms with E-state index in [9.17, 15) is 9.59 Å². The van der Waals surface area contributed by atoms with Gasteiger partial charge < -0.3 is 4.74 Å². The second-order valence-electron chi connectivity index (χ2n) is 4.79. The molecule has 1 atom stereocenters. The van der Waals surface area contributed by atoms with Crippen LogP contribution in [0.1, 0.15) is 47.0 Å². The SMILES string of the molecule is COC(=O)[C@@H](C/C=C(\C)CCC=C(C)C)C(C)=O. The number of ether oxygens (including phenoxy) is 1. The third-order valence-corrected chi connectivity index (χ3v) is 2.77. The summed E-state index contributed by atoms with van der Waals surface area (Å²) in [6.07, 6.45) is 6.52. The first-order valence-corrected chi connectivity index (χ1v) is 6.25. The highest BCUT2D eigenvalue weighted by atomic mass is 16.5. The predicted molar refractivity (Wildman–Crippen MR) is 73.2 cm³/mol. The van der Waals surface area contributed by atoms with Gasteiger partial charge in [-0.25, -0.2) is 0 Å². The maximum absolute atomic E-state index is 11.4. The van der Waals surface area contributed by atoms with Gasteiger partial charge >= 0.3 is 5.97 Å². The Morgan fingerprint density at radius 1 is 1.11 bits per heavy atom. The molecule has 3 nitrogen and oxygen atoms in total. The molecule has 0 aliphatic heterocycles. The van der Waals surface area contributed by atoms with Crippen molar-refractivity contribution in [1.29, 1.82) is 0 Å². The molecule has 0 aromatic carbocycles. The zero-order valence-electron chi connectivity index (χ0n) is 12.1. The second-order valence-corrected chi connectivity index (χ2v) is 4.79. The third-order valence-electron chi connectivity index (χ3n) is 2.77.